The van der Waals surface area contributed by atoms with Gasteiger partial charge in [-0.1, -0.05) is 83.5 Å². The molecular formula is C24H24N3O+. The van der Waals surface area contributed by atoms with Crippen molar-refractivity contribution in [1.82, 2.24) is 9.78 Å². The Balaban J connectivity index is 1.50. The predicted octanol–water partition coefficient (Wildman–Crippen LogP) is 4.16. The Kier molecular flexibility index (Phi) is 5.90. The summed E-state index contributed by atoms with van der Waals surface area (Å²) in [7, 11) is 0. The second kappa shape index (κ2) is 9.11. The summed E-state index contributed by atoms with van der Waals surface area (Å²) in [5.41, 5.74) is 3.52. The molecule has 0 N–H and O–H groups in total. The van der Waals surface area contributed by atoms with Gasteiger partial charge in [0.25, 0.3) is 6.33 Å². The SMILES string of the molecule is c1ccc(COC[C@H](Cc2ccccc2)[n+]2cnn(-c3ccccc3)c2)cc1. The van der Waals surface area contributed by atoms with Crippen molar-refractivity contribution in [3.8, 4) is 5.69 Å². The van der Waals surface area contributed by atoms with E-state index in [2.05, 4.69) is 58.2 Å². The predicted molar refractivity (Wildman–Crippen MR) is 109 cm³/mol. The minimum atomic E-state index is 0.170. The van der Waals surface area contributed by atoms with Crippen LogP contribution in [0.2, 0.25) is 0 Å². The van der Waals surface area contributed by atoms with Gasteiger partial charge in [0, 0.05) is 11.5 Å². The van der Waals surface area contributed by atoms with Gasteiger partial charge in [-0.05, 0) is 23.3 Å². The fraction of sp³-hybridized carbons (Fsp3) is 0.167. The summed E-state index contributed by atoms with van der Waals surface area (Å²) in [5.74, 6) is 0. The van der Waals surface area contributed by atoms with E-state index in [9.17, 15) is 0 Å². The van der Waals surface area contributed by atoms with Gasteiger partial charge in [-0.2, -0.15) is 0 Å². The van der Waals surface area contributed by atoms with Gasteiger partial charge in [0.05, 0.1) is 13.2 Å². The van der Waals surface area contributed by atoms with Gasteiger partial charge >= 0.3 is 0 Å². The molecule has 1 atom stereocenters. The number of para-hydroxylation sites is 1. The molecule has 1 aromatic heterocycles. The summed E-state index contributed by atoms with van der Waals surface area (Å²) in [6.45, 7) is 1.23. The van der Waals surface area contributed by atoms with Crippen LogP contribution in [0.3, 0.4) is 0 Å². The number of hydrogen-bond acceptors (Lipinski definition) is 2. The molecule has 0 amide bonds. The standard InChI is InChI=1S/C24H24N3O/c1-4-10-21(11-5-1)16-24(18-28-17-22-12-6-2-7-13-22)26-19-25-27(20-26)23-14-8-3-9-15-23/h1-15,19-20,24H,16-18H2/q+1/t24-/m0/s1. The third kappa shape index (κ3) is 4.72. The zero-order valence-corrected chi connectivity index (χ0v) is 15.8. The fourth-order valence-corrected chi connectivity index (χ4v) is 3.23. The smallest absolute Gasteiger partial charge is 0.265 e. The highest BCUT2D eigenvalue weighted by atomic mass is 16.5. The molecule has 4 rings (SSSR count). The first kappa shape index (κ1) is 18.1. The van der Waals surface area contributed by atoms with Crippen LogP contribution in [-0.4, -0.2) is 16.4 Å². The molecule has 0 radical (unpaired) electrons. The molecule has 28 heavy (non-hydrogen) atoms. The summed E-state index contributed by atoms with van der Waals surface area (Å²) in [6, 6.07) is 31.1. The lowest BCUT2D eigenvalue weighted by atomic mass is 10.1. The van der Waals surface area contributed by atoms with Crippen LogP contribution < -0.4 is 4.57 Å². The Morgan fingerprint density at radius 1 is 0.786 bits per heavy atom. The van der Waals surface area contributed by atoms with E-state index in [1.165, 1.54) is 11.1 Å². The molecule has 0 aliphatic heterocycles. The van der Waals surface area contributed by atoms with Gasteiger partial charge in [-0.15, -0.1) is 0 Å². The van der Waals surface area contributed by atoms with Gasteiger partial charge in [-0.25, -0.2) is 4.57 Å². The molecule has 0 unspecified atom stereocenters. The largest absolute Gasteiger partial charge is 0.373 e. The van der Waals surface area contributed by atoms with Crippen LogP contribution in [0.15, 0.2) is 104 Å². The zero-order chi connectivity index (χ0) is 19.0. The first-order valence-corrected chi connectivity index (χ1v) is 9.55. The number of aromatic nitrogens is 3. The van der Waals surface area contributed by atoms with E-state index in [0.29, 0.717) is 13.2 Å². The maximum absolute atomic E-state index is 6.07. The average molecular weight is 370 g/mol. The molecule has 4 nitrogen and oxygen atoms in total. The van der Waals surface area contributed by atoms with Crippen molar-refractivity contribution in [2.75, 3.05) is 6.61 Å². The summed E-state index contributed by atoms with van der Waals surface area (Å²) in [6.07, 6.45) is 4.81. The monoisotopic (exact) mass is 370 g/mol. The number of ether oxygens (including phenoxy) is 1. The molecule has 0 aliphatic carbocycles. The van der Waals surface area contributed by atoms with E-state index in [-0.39, 0.29) is 6.04 Å². The van der Waals surface area contributed by atoms with Crippen LogP contribution in [0.25, 0.3) is 5.69 Å². The molecule has 0 spiro atoms. The Labute approximate surface area is 165 Å². The summed E-state index contributed by atoms with van der Waals surface area (Å²) >= 11 is 0. The minimum Gasteiger partial charge on any atom is -0.373 e. The van der Waals surface area contributed by atoms with Gasteiger partial charge in [0.2, 0.25) is 6.33 Å². The lowest BCUT2D eigenvalue weighted by Gasteiger charge is -2.15. The van der Waals surface area contributed by atoms with Gasteiger partial charge in [-0.3, -0.25) is 0 Å². The molecule has 140 valence electrons. The third-order valence-corrected chi connectivity index (χ3v) is 4.73. The van der Waals surface area contributed by atoms with E-state index in [0.717, 1.165) is 12.1 Å². The first-order chi connectivity index (χ1) is 13.9. The van der Waals surface area contributed by atoms with Crippen LogP contribution in [0.4, 0.5) is 0 Å². The van der Waals surface area contributed by atoms with Crippen molar-refractivity contribution in [2.24, 2.45) is 0 Å². The topological polar surface area (TPSA) is 30.9 Å². The van der Waals surface area contributed by atoms with Crippen LogP contribution in [0.5, 0.6) is 0 Å². The van der Waals surface area contributed by atoms with Gasteiger partial charge in [0.15, 0.2) is 0 Å². The molecule has 0 saturated carbocycles. The van der Waals surface area contributed by atoms with Crippen molar-refractivity contribution in [2.45, 2.75) is 19.1 Å². The Bertz CT molecular complexity index is 968. The average Bonchev–Trinajstić information content (AvgIpc) is 3.25. The maximum Gasteiger partial charge on any atom is 0.265 e. The Morgan fingerprint density at radius 3 is 2.07 bits per heavy atom. The van der Waals surface area contributed by atoms with E-state index in [4.69, 9.17) is 4.74 Å². The Hall–Kier alpha value is -3.24. The highest BCUT2D eigenvalue weighted by molar-refractivity contribution is 5.28. The van der Waals surface area contributed by atoms with E-state index in [1.54, 1.807) is 0 Å². The van der Waals surface area contributed by atoms with E-state index in [1.807, 2.05) is 59.8 Å². The molecule has 4 aromatic rings. The molecule has 0 aliphatic rings. The van der Waals surface area contributed by atoms with Crippen molar-refractivity contribution < 1.29 is 9.30 Å². The normalized spacial score (nSPS) is 12.0. The summed E-state index contributed by atoms with van der Waals surface area (Å²) < 4.78 is 10.1. The van der Waals surface area contributed by atoms with Crippen molar-refractivity contribution >= 4 is 0 Å². The molecular weight excluding hydrogens is 346 g/mol. The third-order valence-electron chi connectivity index (χ3n) is 4.73. The zero-order valence-electron chi connectivity index (χ0n) is 15.8. The Morgan fingerprint density at radius 2 is 1.39 bits per heavy atom. The van der Waals surface area contributed by atoms with Crippen LogP contribution in [0, 0.1) is 0 Å². The summed E-state index contributed by atoms with van der Waals surface area (Å²) in [4.78, 5) is 0. The van der Waals surface area contributed by atoms with E-state index < -0.39 is 0 Å². The van der Waals surface area contributed by atoms with Gasteiger partial charge in [0.1, 0.15) is 11.7 Å². The highest BCUT2D eigenvalue weighted by Gasteiger charge is 2.19. The quantitative estimate of drug-likeness (QED) is 0.436. The number of benzene rings is 3. The lowest BCUT2D eigenvalue weighted by molar-refractivity contribution is -0.725. The fourth-order valence-electron chi connectivity index (χ4n) is 3.23. The maximum atomic E-state index is 6.07. The molecule has 4 heteroatoms. The molecule has 0 saturated heterocycles. The molecule has 1 heterocycles. The second-order valence-electron chi connectivity index (χ2n) is 6.82. The highest BCUT2D eigenvalue weighted by Crippen LogP contribution is 2.12. The van der Waals surface area contributed by atoms with Crippen molar-refractivity contribution in [3.05, 3.63) is 115 Å². The number of rotatable bonds is 8. The molecule has 3 aromatic carbocycles. The first-order valence-electron chi connectivity index (χ1n) is 9.55. The van der Waals surface area contributed by atoms with Crippen LogP contribution >= 0.6 is 0 Å². The molecule has 0 bridgehead atoms. The summed E-state index contributed by atoms with van der Waals surface area (Å²) in [5, 5.41) is 4.54. The van der Waals surface area contributed by atoms with Crippen LogP contribution in [-0.2, 0) is 17.8 Å². The number of hydrogen-bond donors (Lipinski definition) is 0. The van der Waals surface area contributed by atoms with Gasteiger partial charge < -0.3 is 4.74 Å². The second-order valence-corrected chi connectivity index (χ2v) is 6.82. The lowest BCUT2D eigenvalue weighted by Crippen LogP contribution is -2.41. The van der Waals surface area contributed by atoms with Crippen LogP contribution in [0.1, 0.15) is 17.2 Å². The van der Waals surface area contributed by atoms with E-state index >= 15 is 0 Å². The molecule has 0 fully saturated rings. The van der Waals surface area contributed by atoms with Crippen molar-refractivity contribution in [1.29, 1.82) is 0 Å². The number of nitrogens with zero attached hydrogens (tertiary/aromatic N) is 3. The minimum absolute atomic E-state index is 0.170. The van der Waals surface area contributed by atoms with Crippen molar-refractivity contribution in [3.63, 3.8) is 0 Å².